The Balaban J connectivity index is 2.00. The molecule has 6 nitrogen and oxygen atoms in total. The van der Waals surface area contributed by atoms with Crippen LogP contribution in [0, 0.1) is 11.3 Å². The van der Waals surface area contributed by atoms with E-state index in [4.69, 9.17) is 24.6 Å². The van der Waals surface area contributed by atoms with Gasteiger partial charge in [0.15, 0.2) is 11.5 Å². The van der Waals surface area contributed by atoms with Crippen LogP contribution in [0.5, 0.6) is 17.2 Å². The molecule has 2 rings (SSSR count). The van der Waals surface area contributed by atoms with Crippen molar-refractivity contribution in [2.24, 2.45) is 0 Å². The molecular weight excluding hydrogens is 322 g/mol. The van der Waals surface area contributed by atoms with Gasteiger partial charge in [-0.25, -0.2) is 4.79 Å². The molecule has 0 saturated carbocycles. The maximum absolute atomic E-state index is 11.0. The summed E-state index contributed by atoms with van der Waals surface area (Å²) in [6.45, 7) is 0.528. The summed E-state index contributed by atoms with van der Waals surface area (Å²) in [6.07, 6.45) is 1.28. The predicted molar refractivity (Wildman–Crippen MR) is 91.7 cm³/mol. The minimum Gasteiger partial charge on any atom is -0.493 e. The van der Waals surface area contributed by atoms with Gasteiger partial charge in [-0.15, -0.1) is 0 Å². The summed E-state index contributed by atoms with van der Waals surface area (Å²) in [5.74, 6) is 0.433. The first-order valence-corrected chi connectivity index (χ1v) is 7.48. The molecule has 0 aromatic heterocycles. The van der Waals surface area contributed by atoms with Gasteiger partial charge in [0.05, 0.1) is 7.11 Å². The number of para-hydroxylation sites is 3. The largest absolute Gasteiger partial charge is 0.493 e. The van der Waals surface area contributed by atoms with E-state index in [9.17, 15) is 4.79 Å². The minimum absolute atomic E-state index is 0.248. The summed E-state index contributed by atoms with van der Waals surface area (Å²) in [6, 6.07) is 15.8. The Morgan fingerprint density at radius 3 is 2.20 bits per heavy atom. The number of nitrogens with zero attached hydrogens (tertiary/aromatic N) is 1. The number of benzene rings is 2. The molecule has 0 aliphatic carbocycles. The number of nitriles is 1. The Bertz CT molecular complexity index is 807. The predicted octanol–water partition coefficient (Wildman–Crippen LogP) is 3.14. The number of carboxylic acid groups (broad SMARTS) is 1. The quantitative estimate of drug-likeness (QED) is 0.451. The van der Waals surface area contributed by atoms with E-state index in [1.807, 2.05) is 12.1 Å². The van der Waals surface area contributed by atoms with Crippen LogP contribution < -0.4 is 14.2 Å². The molecule has 0 bridgehead atoms. The van der Waals surface area contributed by atoms with Crippen LogP contribution in [0.3, 0.4) is 0 Å². The molecule has 0 spiro atoms. The molecule has 0 heterocycles. The van der Waals surface area contributed by atoms with Gasteiger partial charge >= 0.3 is 5.97 Å². The fraction of sp³-hybridized carbons (Fsp3) is 0.158. The summed E-state index contributed by atoms with van der Waals surface area (Å²) in [4.78, 5) is 11.0. The Labute approximate surface area is 145 Å². The lowest BCUT2D eigenvalue weighted by molar-refractivity contribution is -0.132. The lowest BCUT2D eigenvalue weighted by Crippen LogP contribution is -2.10. The monoisotopic (exact) mass is 339 g/mol. The fourth-order valence-electron chi connectivity index (χ4n) is 2.07. The average Bonchev–Trinajstić information content (AvgIpc) is 2.64. The minimum atomic E-state index is -1.28. The molecular formula is C19H17NO5. The number of carboxylic acids is 1. The first-order valence-electron chi connectivity index (χ1n) is 7.48. The topological polar surface area (TPSA) is 88.8 Å². The van der Waals surface area contributed by atoms with E-state index >= 15 is 0 Å². The third-order valence-electron chi connectivity index (χ3n) is 3.24. The number of hydrogen-bond donors (Lipinski definition) is 1. The second-order valence-electron chi connectivity index (χ2n) is 4.86. The van der Waals surface area contributed by atoms with Crippen molar-refractivity contribution in [2.75, 3.05) is 20.3 Å². The van der Waals surface area contributed by atoms with Crippen LogP contribution in [0.1, 0.15) is 5.56 Å². The molecule has 1 N–H and O–H groups in total. The highest BCUT2D eigenvalue weighted by Crippen LogP contribution is 2.26. The number of aliphatic carboxylic acids is 1. The highest BCUT2D eigenvalue weighted by atomic mass is 16.5. The van der Waals surface area contributed by atoms with E-state index in [-0.39, 0.29) is 18.8 Å². The first kappa shape index (κ1) is 17.9. The number of ether oxygens (including phenoxy) is 3. The molecule has 0 saturated heterocycles. The third kappa shape index (κ3) is 5.01. The van der Waals surface area contributed by atoms with Crippen molar-refractivity contribution in [3.05, 3.63) is 59.7 Å². The number of carbonyl (C=O) groups is 1. The molecule has 128 valence electrons. The molecule has 25 heavy (non-hydrogen) atoms. The van der Waals surface area contributed by atoms with E-state index < -0.39 is 5.97 Å². The molecule has 0 radical (unpaired) electrons. The second-order valence-corrected chi connectivity index (χ2v) is 4.86. The Morgan fingerprint density at radius 1 is 1.04 bits per heavy atom. The smallest absolute Gasteiger partial charge is 0.346 e. The van der Waals surface area contributed by atoms with Crippen LogP contribution in [0.4, 0.5) is 0 Å². The Kier molecular flexibility index (Phi) is 6.43. The van der Waals surface area contributed by atoms with Crippen molar-refractivity contribution >= 4 is 12.0 Å². The van der Waals surface area contributed by atoms with E-state index in [1.165, 1.54) is 6.08 Å². The van der Waals surface area contributed by atoms with E-state index in [0.29, 0.717) is 22.8 Å². The first-order chi connectivity index (χ1) is 12.2. The summed E-state index contributed by atoms with van der Waals surface area (Å²) in [7, 11) is 1.57. The van der Waals surface area contributed by atoms with Crippen LogP contribution in [-0.2, 0) is 4.79 Å². The molecule has 6 heteroatoms. The summed E-state index contributed by atoms with van der Waals surface area (Å²) in [5.41, 5.74) is 0.153. The van der Waals surface area contributed by atoms with Crippen molar-refractivity contribution in [1.82, 2.24) is 0 Å². The lowest BCUT2D eigenvalue weighted by atomic mass is 10.1. The van der Waals surface area contributed by atoms with Gasteiger partial charge in [-0.1, -0.05) is 30.3 Å². The van der Waals surface area contributed by atoms with Gasteiger partial charge in [0, 0.05) is 5.56 Å². The Morgan fingerprint density at radius 2 is 1.60 bits per heavy atom. The zero-order valence-corrected chi connectivity index (χ0v) is 13.6. The molecule has 0 amide bonds. The zero-order chi connectivity index (χ0) is 18.1. The molecule has 0 unspecified atom stereocenters. The number of methoxy groups -OCH3 is 1. The van der Waals surface area contributed by atoms with Gasteiger partial charge in [0.2, 0.25) is 0 Å². The number of hydrogen-bond acceptors (Lipinski definition) is 5. The van der Waals surface area contributed by atoms with Crippen LogP contribution >= 0.6 is 0 Å². The van der Waals surface area contributed by atoms with Crippen molar-refractivity contribution in [1.29, 1.82) is 5.26 Å². The van der Waals surface area contributed by atoms with Gasteiger partial charge in [0.25, 0.3) is 0 Å². The molecule has 0 aliphatic heterocycles. The second kappa shape index (κ2) is 8.99. The molecule has 0 aliphatic rings. The molecule has 0 atom stereocenters. The van der Waals surface area contributed by atoms with Crippen LogP contribution in [-0.4, -0.2) is 31.4 Å². The maximum atomic E-state index is 11.0. The van der Waals surface area contributed by atoms with Crippen molar-refractivity contribution < 1.29 is 24.1 Å². The maximum Gasteiger partial charge on any atom is 0.346 e. The third-order valence-corrected chi connectivity index (χ3v) is 3.24. The van der Waals surface area contributed by atoms with Gasteiger partial charge in [-0.3, -0.25) is 0 Å². The normalized spacial score (nSPS) is 10.6. The van der Waals surface area contributed by atoms with Gasteiger partial charge in [0.1, 0.15) is 30.6 Å². The molecule has 2 aromatic rings. The lowest BCUT2D eigenvalue weighted by Gasteiger charge is -2.12. The zero-order valence-electron chi connectivity index (χ0n) is 13.6. The highest BCUT2D eigenvalue weighted by molar-refractivity contribution is 5.96. The van der Waals surface area contributed by atoms with Gasteiger partial charge in [-0.2, -0.15) is 5.26 Å². The Hall–Kier alpha value is -3.46. The summed E-state index contributed by atoms with van der Waals surface area (Å²) >= 11 is 0. The molecule has 0 fully saturated rings. The van der Waals surface area contributed by atoms with Crippen LogP contribution in [0.2, 0.25) is 0 Å². The molecule has 2 aromatic carbocycles. The van der Waals surface area contributed by atoms with Crippen molar-refractivity contribution in [2.45, 2.75) is 0 Å². The fourth-order valence-corrected chi connectivity index (χ4v) is 2.07. The summed E-state index contributed by atoms with van der Waals surface area (Å²) < 4.78 is 16.5. The van der Waals surface area contributed by atoms with Crippen molar-refractivity contribution in [3.63, 3.8) is 0 Å². The SMILES string of the molecule is COc1ccccc1OCCOc1ccccc1C=C(C#N)C(=O)O. The summed E-state index contributed by atoms with van der Waals surface area (Å²) in [5, 5.41) is 17.8. The van der Waals surface area contributed by atoms with Gasteiger partial charge in [-0.05, 0) is 24.3 Å². The van der Waals surface area contributed by atoms with Gasteiger partial charge < -0.3 is 19.3 Å². The number of rotatable bonds is 8. The van der Waals surface area contributed by atoms with Crippen molar-refractivity contribution in [3.8, 4) is 23.3 Å². The van der Waals surface area contributed by atoms with Crippen LogP contribution in [0.25, 0.3) is 6.08 Å². The van der Waals surface area contributed by atoms with E-state index in [2.05, 4.69) is 0 Å². The van der Waals surface area contributed by atoms with E-state index in [1.54, 1.807) is 49.6 Å². The average molecular weight is 339 g/mol. The standard InChI is InChI=1S/C19H17NO5/c1-23-17-8-4-5-9-18(17)25-11-10-24-16-7-3-2-6-14(16)12-15(13-20)19(21)22/h2-9,12H,10-11H2,1H3,(H,21,22). The van der Waals surface area contributed by atoms with E-state index in [0.717, 1.165) is 0 Å². The highest BCUT2D eigenvalue weighted by Gasteiger charge is 2.09. The van der Waals surface area contributed by atoms with Crippen LogP contribution in [0.15, 0.2) is 54.1 Å².